The SMILES string of the molecule is COC(CNS(=O)(=O)c1ccc(F)cc1Cl)C(=O)O. The summed E-state index contributed by atoms with van der Waals surface area (Å²) in [6, 6.07) is 2.77. The molecule has 1 aromatic carbocycles. The van der Waals surface area contributed by atoms with E-state index >= 15 is 0 Å². The van der Waals surface area contributed by atoms with Gasteiger partial charge in [0.05, 0.1) is 5.02 Å². The number of ether oxygens (including phenoxy) is 1. The number of carboxylic acid groups (broad SMARTS) is 1. The Morgan fingerprint density at radius 1 is 1.58 bits per heavy atom. The first-order valence-electron chi connectivity index (χ1n) is 4.98. The quantitative estimate of drug-likeness (QED) is 0.812. The standard InChI is InChI=1S/C10H11ClFNO5S/c1-18-8(10(14)15)5-13-19(16,17)9-3-2-6(12)4-7(9)11/h2-4,8,13H,5H2,1H3,(H,14,15). The molecule has 0 amide bonds. The van der Waals surface area contributed by atoms with Crippen LogP contribution in [0.25, 0.3) is 0 Å². The van der Waals surface area contributed by atoms with Crippen LogP contribution in [0.2, 0.25) is 5.02 Å². The zero-order chi connectivity index (χ0) is 14.6. The molecule has 9 heteroatoms. The van der Waals surface area contributed by atoms with Crippen molar-refractivity contribution < 1.29 is 27.4 Å². The summed E-state index contributed by atoms with van der Waals surface area (Å²) in [5.74, 6) is -1.99. The van der Waals surface area contributed by atoms with Crippen LogP contribution in [0.15, 0.2) is 23.1 Å². The Morgan fingerprint density at radius 3 is 2.68 bits per heavy atom. The highest BCUT2D eigenvalue weighted by Gasteiger charge is 2.23. The predicted octanol–water partition coefficient (Wildman–Crippen LogP) is 0.857. The van der Waals surface area contributed by atoms with E-state index in [1.54, 1.807) is 0 Å². The molecule has 1 aromatic rings. The number of aliphatic carboxylic acids is 1. The Balaban J connectivity index is 2.90. The number of carbonyl (C=O) groups is 1. The second-order valence-electron chi connectivity index (χ2n) is 3.49. The van der Waals surface area contributed by atoms with Crippen LogP contribution in [0.1, 0.15) is 0 Å². The van der Waals surface area contributed by atoms with E-state index < -0.39 is 34.5 Å². The van der Waals surface area contributed by atoms with E-state index in [0.717, 1.165) is 25.3 Å². The Morgan fingerprint density at radius 2 is 2.21 bits per heavy atom. The molecule has 0 aliphatic heterocycles. The summed E-state index contributed by atoms with van der Waals surface area (Å²) in [5, 5.41) is 8.40. The van der Waals surface area contributed by atoms with E-state index in [4.69, 9.17) is 16.7 Å². The fraction of sp³-hybridized carbons (Fsp3) is 0.300. The number of carboxylic acids is 1. The van der Waals surface area contributed by atoms with Gasteiger partial charge in [0.25, 0.3) is 0 Å². The van der Waals surface area contributed by atoms with Crippen molar-refractivity contribution >= 4 is 27.6 Å². The van der Waals surface area contributed by atoms with Gasteiger partial charge in [0.15, 0.2) is 6.10 Å². The molecule has 2 N–H and O–H groups in total. The average Bonchev–Trinajstić information content (AvgIpc) is 2.28. The zero-order valence-corrected chi connectivity index (χ0v) is 11.3. The maximum absolute atomic E-state index is 12.8. The Labute approximate surface area is 114 Å². The molecule has 0 radical (unpaired) electrons. The molecule has 0 aromatic heterocycles. The van der Waals surface area contributed by atoms with Crippen LogP contribution in [0.4, 0.5) is 4.39 Å². The first-order valence-corrected chi connectivity index (χ1v) is 6.84. The number of hydrogen-bond acceptors (Lipinski definition) is 4. The molecule has 0 heterocycles. The molecule has 0 aliphatic rings. The van der Waals surface area contributed by atoms with Crippen molar-refractivity contribution in [3.8, 4) is 0 Å². The average molecular weight is 312 g/mol. The van der Waals surface area contributed by atoms with Gasteiger partial charge in [0.2, 0.25) is 10.0 Å². The van der Waals surface area contributed by atoms with Gasteiger partial charge in [-0.1, -0.05) is 11.6 Å². The lowest BCUT2D eigenvalue weighted by Gasteiger charge is -2.12. The van der Waals surface area contributed by atoms with Crippen LogP contribution >= 0.6 is 11.6 Å². The first-order chi connectivity index (χ1) is 8.77. The lowest BCUT2D eigenvalue weighted by atomic mass is 10.3. The number of nitrogens with one attached hydrogen (secondary N) is 1. The number of halogens is 2. The van der Waals surface area contributed by atoms with E-state index in [1.807, 2.05) is 4.72 Å². The van der Waals surface area contributed by atoms with Crippen molar-refractivity contribution in [2.24, 2.45) is 0 Å². The Kier molecular flexibility index (Phi) is 5.24. The minimum Gasteiger partial charge on any atom is -0.479 e. The van der Waals surface area contributed by atoms with E-state index in [0.29, 0.717) is 0 Å². The fourth-order valence-electron chi connectivity index (χ4n) is 1.23. The normalized spacial score (nSPS) is 13.2. The van der Waals surface area contributed by atoms with E-state index in [9.17, 15) is 17.6 Å². The molecule has 0 aliphatic carbocycles. The third-order valence-corrected chi connectivity index (χ3v) is 4.11. The van der Waals surface area contributed by atoms with E-state index in [-0.39, 0.29) is 9.92 Å². The Bertz CT molecular complexity index is 577. The van der Waals surface area contributed by atoms with Gasteiger partial charge < -0.3 is 9.84 Å². The van der Waals surface area contributed by atoms with Crippen LogP contribution in [0, 0.1) is 5.82 Å². The molecule has 0 saturated carbocycles. The summed E-state index contributed by atoms with van der Waals surface area (Å²) < 4.78 is 43.1. The van der Waals surface area contributed by atoms with Gasteiger partial charge in [0.1, 0.15) is 10.7 Å². The highest BCUT2D eigenvalue weighted by Crippen LogP contribution is 2.21. The number of sulfonamides is 1. The van der Waals surface area contributed by atoms with Crippen LogP contribution in [0.3, 0.4) is 0 Å². The molecule has 1 rings (SSSR count). The van der Waals surface area contributed by atoms with E-state index in [2.05, 4.69) is 4.74 Å². The van der Waals surface area contributed by atoms with Crippen molar-refractivity contribution in [2.45, 2.75) is 11.0 Å². The molecule has 1 unspecified atom stereocenters. The highest BCUT2D eigenvalue weighted by atomic mass is 35.5. The van der Waals surface area contributed by atoms with Crippen LogP contribution < -0.4 is 4.72 Å². The van der Waals surface area contributed by atoms with Crippen molar-refractivity contribution in [1.82, 2.24) is 4.72 Å². The molecule has 0 fully saturated rings. The van der Waals surface area contributed by atoms with Gasteiger partial charge in [-0.05, 0) is 18.2 Å². The molecule has 0 saturated heterocycles. The van der Waals surface area contributed by atoms with Crippen LogP contribution in [0.5, 0.6) is 0 Å². The number of methoxy groups -OCH3 is 1. The summed E-state index contributed by atoms with van der Waals surface area (Å²) in [6.07, 6.45) is -1.33. The van der Waals surface area contributed by atoms with Crippen LogP contribution in [-0.2, 0) is 19.6 Å². The maximum atomic E-state index is 12.8. The topological polar surface area (TPSA) is 92.7 Å². The van der Waals surface area contributed by atoms with Crippen molar-refractivity contribution in [1.29, 1.82) is 0 Å². The van der Waals surface area contributed by atoms with Gasteiger partial charge >= 0.3 is 5.97 Å². The van der Waals surface area contributed by atoms with Crippen LogP contribution in [-0.4, -0.2) is 39.3 Å². The minimum absolute atomic E-state index is 0.295. The maximum Gasteiger partial charge on any atom is 0.334 e. The van der Waals surface area contributed by atoms with Gasteiger partial charge in [-0.3, -0.25) is 0 Å². The monoisotopic (exact) mass is 311 g/mol. The first kappa shape index (κ1) is 15.8. The second kappa shape index (κ2) is 6.29. The minimum atomic E-state index is -4.04. The highest BCUT2D eigenvalue weighted by molar-refractivity contribution is 7.89. The molecular weight excluding hydrogens is 301 g/mol. The summed E-state index contributed by atoms with van der Waals surface area (Å²) >= 11 is 5.62. The number of hydrogen-bond donors (Lipinski definition) is 2. The molecule has 1 atom stereocenters. The van der Waals surface area contributed by atoms with Crippen molar-refractivity contribution in [2.75, 3.05) is 13.7 Å². The van der Waals surface area contributed by atoms with Gasteiger partial charge in [-0.15, -0.1) is 0 Å². The lowest BCUT2D eigenvalue weighted by Crippen LogP contribution is -2.37. The third kappa shape index (κ3) is 4.13. The third-order valence-electron chi connectivity index (χ3n) is 2.20. The van der Waals surface area contributed by atoms with Crippen molar-refractivity contribution in [3.05, 3.63) is 29.0 Å². The zero-order valence-electron chi connectivity index (χ0n) is 9.76. The summed E-state index contributed by atoms with van der Waals surface area (Å²) in [4.78, 5) is 10.3. The molecule has 19 heavy (non-hydrogen) atoms. The predicted molar refractivity (Wildman–Crippen MR) is 65.0 cm³/mol. The van der Waals surface area contributed by atoms with Crippen molar-refractivity contribution in [3.63, 3.8) is 0 Å². The second-order valence-corrected chi connectivity index (χ2v) is 5.63. The van der Waals surface area contributed by atoms with Gasteiger partial charge in [-0.25, -0.2) is 22.3 Å². The fourth-order valence-corrected chi connectivity index (χ4v) is 2.79. The van der Waals surface area contributed by atoms with Gasteiger partial charge in [0, 0.05) is 13.7 Å². The number of rotatable bonds is 6. The molecular formula is C10H11ClFNO5S. The Hall–Kier alpha value is -1.22. The van der Waals surface area contributed by atoms with E-state index in [1.165, 1.54) is 0 Å². The van der Waals surface area contributed by atoms with Gasteiger partial charge in [-0.2, -0.15) is 0 Å². The summed E-state index contributed by atoms with van der Waals surface area (Å²) in [6.45, 7) is -0.470. The molecule has 6 nitrogen and oxygen atoms in total. The summed E-state index contributed by atoms with van der Waals surface area (Å²) in [7, 11) is -2.90. The smallest absolute Gasteiger partial charge is 0.334 e. The molecule has 0 bridgehead atoms. The molecule has 106 valence electrons. The number of benzene rings is 1. The lowest BCUT2D eigenvalue weighted by molar-refractivity contribution is -0.147. The largest absolute Gasteiger partial charge is 0.479 e. The summed E-state index contributed by atoms with van der Waals surface area (Å²) in [5.41, 5.74) is 0. The molecule has 0 spiro atoms.